The largest absolute Gasteiger partial charge is 0.497 e. The quantitative estimate of drug-likeness (QED) is 0.508. The van der Waals surface area contributed by atoms with Crippen molar-refractivity contribution in [1.29, 1.82) is 0 Å². The standard InChI is InChI=1S/C27H28N2O5/c1-32-22-13-11-20(12-14-22)27(31)29(21-7-4-3-5-8-21)19-26(30)28-16-15-25(18-28)34-24-10-6-9-23(17-24)33-2/h3-14,17,25H,15-16,18-19H2,1-2H3/t25-/m1/s1. The molecule has 1 saturated heterocycles. The van der Waals surface area contributed by atoms with Crippen molar-refractivity contribution in [2.45, 2.75) is 12.5 Å². The fraction of sp³-hybridized carbons (Fsp3) is 0.259. The minimum Gasteiger partial charge on any atom is -0.497 e. The van der Waals surface area contributed by atoms with Crippen LogP contribution in [0, 0.1) is 0 Å². The van der Waals surface area contributed by atoms with Crippen LogP contribution in [-0.2, 0) is 4.79 Å². The van der Waals surface area contributed by atoms with Crippen LogP contribution in [0.1, 0.15) is 16.8 Å². The van der Waals surface area contributed by atoms with Gasteiger partial charge >= 0.3 is 0 Å². The second-order valence-corrected chi connectivity index (χ2v) is 8.00. The number of nitrogens with zero attached hydrogens (tertiary/aromatic N) is 2. The van der Waals surface area contributed by atoms with Crippen LogP contribution in [0.4, 0.5) is 5.69 Å². The summed E-state index contributed by atoms with van der Waals surface area (Å²) in [5.41, 5.74) is 1.15. The smallest absolute Gasteiger partial charge is 0.258 e. The SMILES string of the molecule is COc1ccc(C(=O)N(CC(=O)N2CC[C@@H](Oc3cccc(OC)c3)C2)c2ccccc2)cc1. The fourth-order valence-corrected chi connectivity index (χ4v) is 3.93. The number of likely N-dealkylation sites (tertiary alicyclic amines) is 1. The molecule has 0 saturated carbocycles. The number of rotatable bonds is 8. The normalized spacial score (nSPS) is 15.0. The van der Waals surface area contributed by atoms with E-state index in [1.807, 2.05) is 54.6 Å². The van der Waals surface area contributed by atoms with Gasteiger partial charge in [0.1, 0.15) is 29.9 Å². The molecular formula is C27H28N2O5. The van der Waals surface area contributed by atoms with Crippen LogP contribution in [0.3, 0.4) is 0 Å². The van der Waals surface area contributed by atoms with Gasteiger partial charge in [0, 0.05) is 30.3 Å². The molecule has 1 atom stereocenters. The third-order valence-corrected chi connectivity index (χ3v) is 5.79. The molecule has 0 bridgehead atoms. The summed E-state index contributed by atoms with van der Waals surface area (Å²) >= 11 is 0. The zero-order valence-corrected chi connectivity index (χ0v) is 19.3. The molecule has 0 unspecified atom stereocenters. The maximum Gasteiger partial charge on any atom is 0.258 e. The van der Waals surface area contributed by atoms with Crippen LogP contribution in [0.5, 0.6) is 17.2 Å². The van der Waals surface area contributed by atoms with Gasteiger partial charge in [-0.3, -0.25) is 14.5 Å². The topological polar surface area (TPSA) is 68.3 Å². The number of ether oxygens (including phenoxy) is 3. The van der Waals surface area contributed by atoms with Crippen molar-refractivity contribution in [3.63, 3.8) is 0 Å². The molecule has 3 aromatic carbocycles. The van der Waals surface area contributed by atoms with E-state index in [1.54, 1.807) is 43.4 Å². The number of benzene rings is 3. The van der Waals surface area contributed by atoms with Crippen LogP contribution >= 0.6 is 0 Å². The van der Waals surface area contributed by atoms with E-state index in [9.17, 15) is 9.59 Å². The predicted molar refractivity (Wildman–Crippen MR) is 130 cm³/mol. The maximum absolute atomic E-state index is 13.3. The highest BCUT2D eigenvalue weighted by Crippen LogP contribution is 2.24. The van der Waals surface area contributed by atoms with Crippen molar-refractivity contribution in [1.82, 2.24) is 4.90 Å². The van der Waals surface area contributed by atoms with Crippen LogP contribution in [-0.4, -0.2) is 56.7 Å². The van der Waals surface area contributed by atoms with Crippen LogP contribution in [0.25, 0.3) is 0 Å². The number of anilines is 1. The lowest BCUT2D eigenvalue weighted by Gasteiger charge is -2.25. The third-order valence-electron chi connectivity index (χ3n) is 5.79. The van der Waals surface area contributed by atoms with Gasteiger partial charge in [0.25, 0.3) is 5.91 Å². The summed E-state index contributed by atoms with van der Waals surface area (Å²) < 4.78 is 16.5. The number of para-hydroxylation sites is 1. The molecule has 0 N–H and O–H groups in total. The Kier molecular flexibility index (Phi) is 7.32. The molecule has 1 fully saturated rings. The molecule has 7 nitrogen and oxygen atoms in total. The molecule has 1 aliphatic rings. The summed E-state index contributed by atoms with van der Waals surface area (Å²) in [5, 5.41) is 0. The molecule has 1 heterocycles. The van der Waals surface area contributed by atoms with Crippen molar-refractivity contribution in [2.24, 2.45) is 0 Å². The number of amides is 2. The summed E-state index contributed by atoms with van der Waals surface area (Å²) in [6, 6.07) is 23.5. The Balaban J connectivity index is 1.44. The van der Waals surface area contributed by atoms with E-state index in [0.29, 0.717) is 35.8 Å². The first kappa shape index (κ1) is 23.2. The van der Waals surface area contributed by atoms with Crippen molar-refractivity contribution in [3.8, 4) is 17.2 Å². The van der Waals surface area contributed by atoms with E-state index >= 15 is 0 Å². The van der Waals surface area contributed by atoms with Crippen LogP contribution < -0.4 is 19.1 Å². The van der Waals surface area contributed by atoms with E-state index in [0.717, 1.165) is 12.2 Å². The Morgan fingerprint density at radius 1 is 0.882 bits per heavy atom. The molecule has 2 amide bonds. The summed E-state index contributed by atoms with van der Waals surface area (Å²) in [6.07, 6.45) is 0.610. The highest BCUT2D eigenvalue weighted by atomic mass is 16.5. The number of hydrogen-bond donors (Lipinski definition) is 0. The van der Waals surface area contributed by atoms with Gasteiger partial charge in [-0.2, -0.15) is 0 Å². The number of carbonyl (C=O) groups is 2. The molecule has 34 heavy (non-hydrogen) atoms. The molecule has 7 heteroatoms. The first-order chi connectivity index (χ1) is 16.6. The zero-order chi connectivity index (χ0) is 23.9. The molecule has 0 radical (unpaired) electrons. The van der Waals surface area contributed by atoms with Crippen molar-refractivity contribution < 1.29 is 23.8 Å². The molecule has 0 aromatic heterocycles. The lowest BCUT2D eigenvalue weighted by molar-refractivity contribution is -0.128. The van der Waals surface area contributed by atoms with Gasteiger partial charge in [0.15, 0.2) is 0 Å². The molecule has 0 aliphatic carbocycles. The number of hydrogen-bond acceptors (Lipinski definition) is 5. The Bertz CT molecular complexity index is 1120. The summed E-state index contributed by atoms with van der Waals surface area (Å²) in [4.78, 5) is 29.8. The maximum atomic E-state index is 13.3. The first-order valence-electron chi connectivity index (χ1n) is 11.2. The van der Waals surface area contributed by atoms with Crippen molar-refractivity contribution >= 4 is 17.5 Å². The highest BCUT2D eigenvalue weighted by Gasteiger charge is 2.30. The average Bonchev–Trinajstić information content (AvgIpc) is 3.36. The van der Waals surface area contributed by atoms with E-state index in [2.05, 4.69) is 0 Å². The zero-order valence-electron chi connectivity index (χ0n) is 19.3. The van der Waals surface area contributed by atoms with Gasteiger partial charge in [-0.15, -0.1) is 0 Å². The average molecular weight is 461 g/mol. The molecule has 4 rings (SSSR count). The summed E-state index contributed by atoms with van der Waals surface area (Å²) in [6.45, 7) is 0.989. The van der Waals surface area contributed by atoms with Gasteiger partial charge < -0.3 is 19.1 Å². The van der Waals surface area contributed by atoms with Crippen molar-refractivity contribution in [3.05, 3.63) is 84.4 Å². The van der Waals surface area contributed by atoms with Gasteiger partial charge in [0.05, 0.1) is 20.8 Å². The molecule has 176 valence electrons. The van der Waals surface area contributed by atoms with E-state index in [1.165, 1.54) is 4.90 Å². The first-order valence-corrected chi connectivity index (χ1v) is 11.2. The molecule has 1 aliphatic heterocycles. The number of methoxy groups -OCH3 is 2. The molecule has 3 aromatic rings. The Morgan fingerprint density at radius 3 is 2.29 bits per heavy atom. The van der Waals surface area contributed by atoms with Crippen LogP contribution in [0.2, 0.25) is 0 Å². The Labute approximate surface area is 199 Å². The Hall–Kier alpha value is -4.00. The van der Waals surface area contributed by atoms with E-state index in [-0.39, 0.29) is 24.5 Å². The third kappa shape index (κ3) is 5.49. The number of carbonyl (C=O) groups excluding carboxylic acids is 2. The van der Waals surface area contributed by atoms with Gasteiger partial charge in [-0.1, -0.05) is 24.3 Å². The van der Waals surface area contributed by atoms with Gasteiger partial charge in [0.2, 0.25) is 5.91 Å². The van der Waals surface area contributed by atoms with E-state index < -0.39 is 0 Å². The minimum absolute atomic E-state index is 0.0548. The predicted octanol–water partition coefficient (Wildman–Crippen LogP) is 4.03. The molecule has 0 spiro atoms. The molecular weight excluding hydrogens is 432 g/mol. The highest BCUT2D eigenvalue weighted by molar-refractivity contribution is 6.08. The lowest BCUT2D eigenvalue weighted by atomic mass is 10.1. The minimum atomic E-state index is -0.245. The van der Waals surface area contributed by atoms with E-state index in [4.69, 9.17) is 14.2 Å². The van der Waals surface area contributed by atoms with Gasteiger partial charge in [-0.25, -0.2) is 0 Å². The van der Waals surface area contributed by atoms with Gasteiger partial charge in [-0.05, 0) is 48.5 Å². The second kappa shape index (κ2) is 10.7. The Morgan fingerprint density at radius 2 is 1.59 bits per heavy atom. The van der Waals surface area contributed by atoms with Crippen molar-refractivity contribution in [2.75, 3.05) is 38.8 Å². The second-order valence-electron chi connectivity index (χ2n) is 8.00. The lowest BCUT2D eigenvalue weighted by Crippen LogP contribution is -2.42. The van der Waals surface area contributed by atoms with Crippen LogP contribution in [0.15, 0.2) is 78.9 Å². The fourth-order valence-electron chi connectivity index (χ4n) is 3.93. The summed E-state index contributed by atoms with van der Waals surface area (Å²) in [5.74, 6) is 1.73. The summed E-state index contributed by atoms with van der Waals surface area (Å²) in [7, 11) is 3.19. The monoisotopic (exact) mass is 460 g/mol.